The molecule has 1 fully saturated rings. The van der Waals surface area contributed by atoms with Gasteiger partial charge in [0.2, 0.25) is 0 Å². The van der Waals surface area contributed by atoms with Gasteiger partial charge >= 0.3 is 159 Å². The van der Waals surface area contributed by atoms with Crippen LogP contribution in [0.15, 0.2) is 30.6 Å². The summed E-state index contributed by atoms with van der Waals surface area (Å²) in [5.41, 5.74) is 0.647. The van der Waals surface area contributed by atoms with Gasteiger partial charge in [0.05, 0.1) is 0 Å². The molecule has 0 amide bonds. The zero-order valence-corrected chi connectivity index (χ0v) is 15.6. The number of imidazole rings is 1. The van der Waals surface area contributed by atoms with E-state index >= 15 is 0 Å². The first-order valence-electron chi connectivity index (χ1n) is 8.17. The summed E-state index contributed by atoms with van der Waals surface area (Å²) in [5.74, 6) is -0.384. The van der Waals surface area contributed by atoms with E-state index in [0.717, 1.165) is 10.9 Å². The molecule has 10 nitrogen and oxygen atoms in total. The molecule has 0 aliphatic carbocycles. The first-order chi connectivity index (χ1) is 13.0. The molecule has 27 heavy (non-hydrogen) atoms. The van der Waals surface area contributed by atoms with Crippen LogP contribution in [-0.2, 0) is 4.74 Å². The molecule has 2 aromatic heterocycles. The number of aromatic hydroxyl groups is 2. The van der Waals surface area contributed by atoms with E-state index in [4.69, 9.17) is 4.74 Å². The number of benzene rings is 1. The summed E-state index contributed by atoms with van der Waals surface area (Å²) in [6.45, 7) is 0. The Morgan fingerprint density at radius 1 is 1.30 bits per heavy atom. The molecule has 0 radical (unpaired) electrons. The van der Waals surface area contributed by atoms with Crippen LogP contribution >= 0.6 is 0 Å². The van der Waals surface area contributed by atoms with Gasteiger partial charge in [-0.1, -0.05) is 0 Å². The molecular weight excluding hydrogens is 421 g/mol. The molecule has 2 N–H and O–H groups in total. The van der Waals surface area contributed by atoms with Crippen molar-refractivity contribution < 1.29 is 19.9 Å². The fourth-order valence-corrected chi connectivity index (χ4v) is 5.29. The van der Waals surface area contributed by atoms with Crippen molar-refractivity contribution in [3.63, 3.8) is 0 Å². The molecule has 1 saturated heterocycles. The van der Waals surface area contributed by atoms with Gasteiger partial charge in [0.1, 0.15) is 0 Å². The Balaban J connectivity index is 1.46. The van der Waals surface area contributed by atoms with E-state index in [9.17, 15) is 20.3 Å². The van der Waals surface area contributed by atoms with Gasteiger partial charge in [0.15, 0.2) is 0 Å². The van der Waals surface area contributed by atoms with Crippen molar-refractivity contribution in [2.45, 2.75) is 30.5 Å². The van der Waals surface area contributed by atoms with E-state index in [1.165, 1.54) is 12.4 Å². The molecular formula is C16H15N5O5Se. The van der Waals surface area contributed by atoms with Crippen LogP contribution in [0.1, 0.15) is 19.1 Å². The fourth-order valence-electron chi connectivity index (χ4n) is 3.03. The standard InChI is InChI=1S/C16H15N5O5Se/c22-15-13-14(18-16(23)19-15)20(8-17-13)12-6-5-9(26-12)7-27-11-4-2-1-3-10(11)21(24)25/h1-4,8-9,12H,5-7H2,(H2,18,19,22,23)/t9-,12+/m0/s1. The van der Waals surface area contributed by atoms with Gasteiger partial charge in [-0.2, -0.15) is 0 Å². The van der Waals surface area contributed by atoms with Gasteiger partial charge in [-0.3, -0.25) is 0 Å². The van der Waals surface area contributed by atoms with Gasteiger partial charge in [0, 0.05) is 0 Å². The summed E-state index contributed by atoms with van der Waals surface area (Å²) < 4.78 is 8.47. The molecule has 0 saturated carbocycles. The van der Waals surface area contributed by atoms with E-state index in [0.29, 0.717) is 17.4 Å². The number of para-hydroxylation sites is 1. The quantitative estimate of drug-likeness (QED) is 0.347. The number of nitro benzene ring substituents is 1. The van der Waals surface area contributed by atoms with E-state index in [-0.39, 0.29) is 49.3 Å². The molecule has 4 rings (SSSR count). The van der Waals surface area contributed by atoms with Crippen molar-refractivity contribution in [1.82, 2.24) is 19.5 Å². The van der Waals surface area contributed by atoms with E-state index in [1.54, 1.807) is 22.8 Å². The minimum atomic E-state index is -0.531. The van der Waals surface area contributed by atoms with Crippen molar-refractivity contribution in [1.29, 1.82) is 0 Å². The van der Waals surface area contributed by atoms with Gasteiger partial charge in [0.25, 0.3) is 0 Å². The van der Waals surface area contributed by atoms with Gasteiger partial charge in [-0.15, -0.1) is 0 Å². The van der Waals surface area contributed by atoms with Crippen LogP contribution in [0.25, 0.3) is 11.2 Å². The normalized spacial score (nSPS) is 19.6. The molecule has 1 aliphatic heterocycles. The van der Waals surface area contributed by atoms with E-state index < -0.39 is 6.01 Å². The van der Waals surface area contributed by atoms with Gasteiger partial charge in [-0.25, -0.2) is 0 Å². The van der Waals surface area contributed by atoms with Gasteiger partial charge < -0.3 is 0 Å². The van der Waals surface area contributed by atoms with Crippen LogP contribution in [-0.4, -0.2) is 55.7 Å². The Bertz CT molecular complexity index is 1010. The van der Waals surface area contributed by atoms with Crippen molar-refractivity contribution in [2.75, 3.05) is 0 Å². The Morgan fingerprint density at radius 2 is 2.11 bits per heavy atom. The summed E-state index contributed by atoms with van der Waals surface area (Å²) in [5, 5.41) is 31.1. The maximum absolute atomic E-state index is 11.1. The topological polar surface area (TPSA) is 136 Å². The van der Waals surface area contributed by atoms with E-state index in [2.05, 4.69) is 15.0 Å². The van der Waals surface area contributed by atoms with Crippen LogP contribution in [0, 0.1) is 10.1 Å². The molecule has 0 unspecified atom stereocenters. The SMILES string of the molecule is O=[N+]([O-])c1ccccc1[Se]C[C@@H]1CC[C@H](n2cnc3c(O)nc(O)nc32)O1. The third-order valence-electron chi connectivity index (χ3n) is 4.27. The van der Waals surface area contributed by atoms with Crippen LogP contribution in [0.4, 0.5) is 5.69 Å². The average Bonchev–Trinajstić information content (AvgIpc) is 3.26. The number of aromatic nitrogens is 4. The van der Waals surface area contributed by atoms with Crippen LogP contribution in [0.3, 0.4) is 0 Å². The van der Waals surface area contributed by atoms with Crippen LogP contribution < -0.4 is 4.46 Å². The third-order valence-corrected chi connectivity index (χ3v) is 6.78. The maximum atomic E-state index is 11.1. The number of hydrogen-bond acceptors (Lipinski definition) is 8. The second-order valence-corrected chi connectivity index (χ2v) is 8.23. The fraction of sp³-hybridized carbons (Fsp3) is 0.312. The Labute approximate surface area is 159 Å². The van der Waals surface area contributed by atoms with Crippen molar-refractivity contribution in [3.8, 4) is 11.9 Å². The summed E-state index contributed by atoms with van der Waals surface area (Å²) in [4.78, 5) is 22.2. The van der Waals surface area contributed by atoms with Crippen molar-refractivity contribution in [2.24, 2.45) is 0 Å². The molecule has 11 heteroatoms. The number of nitro groups is 1. The second kappa shape index (κ2) is 7.10. The van der Waals surface area contributed by atoms with Gasteiger partial charge in [-0.05, 0) is 0 Å². The molecule has 3 heterocycles. The molecule has 0 spiro atoms. The van der Waals surface area contributed by atoms with Crippen molar-refractivity contribution in [3.05, 3.63) is 40.7 Å². The summed E-state index contributed by atoms with van der Waals surface area (Å²) in [6, 6.07) is 6.24. The third kappa shape index (κ3) is 3.44. The van der Waals surface area contributed by atoms with Crippen LogP contribution in [0.5, 0.6) is 11.9 Å². The van der Waals surface area contributed by atoms with Crippen LogP contribution in [0.2, 0.25) is 5.32 Å². The monoisotopic (exact) mass is 437 g/mol. The number of fused-ring (bicyclic) bond motifs is 1. The minimum absolute atomic E-state index is 0.0312. The molecule has 1 aliphatic rings. The number of rotatable bonds is 5. The predicted octanol–water partition coefficient (Wildman–Crippen LogP) is 1.27. The average molecular weight is 436 g/mol. The molecule has 2 atom stereocenters. The Hall–Kier alpha value is -2.75. The van der Waals surface area contributed by atoms with E-state index in [1.807, 2.05) is 0 Å². The second-order valence-electron chi connectivity index (χ2n) is 6.00. The molecule has 3 aromatic rings. The van der Waals surface area contributed by atoms with Crippen molar-refractivity contribution >= 4 is 36.3 Å². The molecule has 1 aromatic carbocycles. The Kier molecular flexibility index (Phi) is 4.64. The summed E-state index contributed by atoms with van der Waals surface area (Å²) in [6.07, 6.45) is 2.66. The zero-order valence-electron chi connectivity index (χ0n) is 13.9. The number of ether oxygens (including phenoxy) is 1. The first-order valence-corrected chi connectivity index (χ1v) is 10.2. The number of nitrogens with zero attached hydrogens (tertiary/aromatic N) is 5. The summed E-state index contributed by atoms with van der Waals surface area (Å²) >= 11 is -0.0844. The summed E-state index contributed by atoms with van der Waals surface area (Å²) in [7, 11) is 0. The molecule has 0 bridgehead atoms. The number of hydrogen-bond donors (Lipinski definition) is 2. The zero-order chi connectivity index (χ0) is 19.0. The predicted molar refractivity (Wildman–Crippen MR) is 95.1 cm³/mol. The molecule has 140 valence electrons. The Morgan fingerprint density at radius 3 is 2.93 bits per heavy atom. The first kappa shape index (κ1) is 17.7.